The second-order valence-corrected chi connectivity index (χ2v) is 4.47. The third kappa shape index (κ3) is 3.32. The summed E-state index contributed by atoms with van der Waals surface area (Å²) in [5, 5.41) is 0. The van der Waals surface area contributed by atoms with Crippen LogP contribution in [-0.4, -0.2) is 10.5 Å². The number of pyridine rings is 1. The molecule has 2 nitrogen and oxygen atoms in total. The van der Waals surface area contributed by atoms with Crippen molar-refractivity contribution in [1.82, 2.24) is 4.98 Å². The topological polar surface area (TPSA) is 38.9 Å². The van der Waals surface area contributed by atoms with E-state index >= 15 is 0 Å². The fourth-order valence-corrected chi connectivity index (χ4v) is 1.27. The Morgan fingerprint density at radius 2 is 2.17 bits per heavy atom. The maximum absolute atomic E-state index is 5.87. The highest BCUT2D eigenvalue weighted by molar-refractivity contribution is 9.10. The van der Waals surface area contributed by atoms with Gasteiger partial charge in [-0.25, -0.2) is 4.98 Å². The number of hydrogen-bond donors (Lipinski definition) is 1. The minimum absolute atomic E-state index is 0.157. The van der Waals surface area contributed by atoms with Crippen LogP contribution in [0.15, 0.2) is 22.9 Å². The summed E-state index contributed by atoms with van der Waals surface area (Å²) < 4.78 is 0.862. The minimum Gasteiger partial charge on any atom is -0.325 e. The molecule has 0 radical (unpaired) electrons. The lowest BCUT2D eigenvalue weighted by Crippen LogP contribution is -2.34. The van der Waals surface area contributed by atoms with Gasteiger partial charge in [-0.3, -0.25) is 0 Å². The molecule has 2 N–H and O–H groups in total. The summed E-state index contributed by atoms with van der Waals surface area (Å²) >= 11 is 3.28. The van der Waals surface area contributed by atoms with Crippen LogP contribution in [0.25, 0.3) is 0 Å². The predicted molar refractivity (Wildman–Crippen MR) is 53.9 cm³/mol. The van der Waals surface area contributed by atoms with E-state index in [1.54, 1.807) is 0 Å². The average molecular weight is 229 g/mol. The molecular weight excluding hydrogens is 216 g/mol. The van der Waals surface area contributed by atoms with E-state index in [4.69, 9.17) is 5.73 Å². The molecule has 0 spiro atoms. The number of nitrogens with zero attached hydrogens (tertiary/aromatic N) is 1. The van der Waals surface area contributed by atoms with E-state index in [1.165, 1.54) is 5.56 Å². The number of aromatic nitrogens is 1. The van der Waals surface area contributed by atoms with Crippen molar-refractivity contribution in [3.05, 3.63) is 28.5 Å². The molecule has 0 amide bonds. The molecule has 0 unspecified atom stereocenters. The molecule has 0 aromatic carbocycles. The molecule has 0 atom stereocenters. The first-order valence-electron chi connectivity index (χ1n) is 3.87. The number of rotatable bonds is 2. The highest BCUT2D eigenvalue weighted by atomic mass is 79.9. The van der Waals surface area contributed by atoms with Gasteiger partial charge in [-0.05, 0) is 47.8 Å². The van der Waals surface area contributed by atoms with Crippen LogP contribution >= 0.6 is 15.9 Å². The Balaban J connectivity index is 2.71. The Morgan fingerprint density at radius 1 is 1.50 bits per heavy atom. The third-order valence-electron chi connectivity index (χ3n) is 1.45. The first-order chi connectivity index (χ1) is 5.47. The molecule has 0 fully saturated rings. The van der Waals surface area contributed by atoms with E-state index < -0.39 is 0 Å². The molecule has 66 valence electrons. The Morgan fingerprint density at radius 3 is 2.58 bits per heavy atom. The van der Waals surface area contributed by atoms with Gasteiger partial charge in [-0.15, -0.1) is 0 Å². The van der Waals surface area contributed by atoms with Crippen molar-refractivity contribution in [3.8, 4) is 0 Å². The Hall–Kier alpha value is -0.410. The maximum Gasteiger partial charge on any atom is 0.106 e. The van der Waals surface area contributed by atoms with Crippen LogP contribution in [0.5, 0.6) is 0 Å². The number of nitrogens with two attached hydrogens (primary N) is 1. The van der Waals surface area contributed by atoms with Crippen LogP contribution < -0.4 is 5.73 Å². The summed E-state index contributed by atoms with van der Waals surface area (Å²) in [6.45, 7) is 4.02. The predicted octanol–water partition coefficient (Wildman–Crippen LogP) is 2.12. The summed E-state index contributed by atoms with van der Waals surface area (Å²) in [5.41, 5.74) is 6.88. The lowest BCUT2D eigenvalue weighted by molar-refractivity contribution is 0.516. The molecule has 0 bridgehead atoms. The van der Waals surface area contributed by atoms with Crippen molar-refractivity contribution in [2.75, 3.05) is 0 Å². The van der Waals surface area contributed by atoms with Crippen molar-refractivity contribution in [1.29, 1.82) is 0 Å². The quantitative estimate of drug-likeness (QED) is 0.789. The number of hydrogen-bond acceptors (Lipinski definition) is 2. The van der Waals surface area contributed by atoms with E-state index in [0.717, 1.165) is 11.0 Å². The molecule has 12 heavy (non-hydrogen) atoms. The molecule has 0 saturated heterocycles. The second kappa shape index (κ2) is 3.54. The van der Waals surface area contributed by atoms with Gasteiger partial charge >= 0.3 is 0 Å². The SMILES string of the molecule is CC(C)(N)Cc1ccc(Br)nc1. The maximum atomic E-state index is 5.87. The zero-order valence-corrected chi connectivity index (χ0v) is 8.93. The molecular formula is C9H13BrN2. The Labute approximate surface area is 81.3 Å². The summed E-state index contributed by atoms with van der Waals surface area (Å²) in [6, 6.07) is 3.97. The van der Waals surface area contributed by atoms with E-state index in [9.17, 15) is 0 Å². The van der Waals surface area contributed by atoms with Crippen LogP contribution in [-0.2, 0) is 6.42 Å². The smallest absolute Gasteiger partial charge is 0.106 e. The van der Waals surface area contributed by atoms with Gasteiger partial charge in [0.1, 0.15) is 4.60 Å². The lowest BCUT2D eigenvalue weighted by atomic mass is 9.98. The lowest BCUT2D eigenvalue weighted by Gasteiger charge is -2.17. The van der Waals surface area contributed by atoms with E-state index in [2.05, 4.69) is 20.9 Å². The highest BCUT2D eigenvalue weighted by Crippen LogP contribution is 2.11. The standard InChI is InChI=1S/C9H13BrN2/c1-9(2,11)5-7-3-4-8(10)12-6-7/h3-4,6H,5,11H2,1-2H3. The first kappa shape index (κ1) is 9.68. The van der Waals surface area contributed by atoms with Gasteiger partial charge in [0.05, 0.1) is 0 Å². The van der Waals surface area contributed by atoms with Gasteiger partial charge in [0.2, 0.25) is 0 Å². The fourth-order valence-electron chi connectivity index (χ4n) is 1.04. The molecule has 0 saturated carbocycles. The average Bonchev–Trinajstić information content (AvgIpc) is 1.91. The summed E-state index contributed by atoms with van der Waals surface area (Å²) in [5.74, 6) is 0. The summed E-state index contributed by atoms with van der Waals surface area (Å²) in [4.78, 5) is 4.12. The van der Waals surface area contributed by atoms with E-state index in [1.807, 2.05) is 32.2 Å². The molecule has 1 aromatic heterocycles. The van der Waals surface area contributed by atoms with Crippen LogP contribution in [0, 0.1) is 0 Å². The fraction of sp³-hybridized carbons (Fsp3) is 0.444. The van der Waals surface area contributed by atoms with Gasteiger partial charge in [0, 0.05) is 11.7 Å². The third-order valence-corrected chi connectivity index (χ3v) is 1.92. The van der Waals surface area contributed by atoms with Crippen molar-refractivity contribution in [2.24, 2.45) is 5.73 Å². The van der Waals surface area contributed by atoms with Crippen LogP contribution in [0.1, 0.15) is 19.4 Å². The molecule has 0 aliphatic rings. The molecule has 3 heteroatoms. The van der Waals surface area contributed by atoms with Gasteiger partial charge in [-0.1, -0.05) is 6.07 Å². The molecule has 1 rings (SSSR count). The second-order valence-electron chi connectivity index (χ2n) is 3.65. The molecule has 0 aliphatic heterocycles. The molecule has 1 aromatic rings. The largest absolute Gasteiger partial charge is 0.325 e. The van der Waals surface area contributed by atoms with Crippen molar-refractivity contribution < 1.29 is 0 Å². The summed E-state index contributed by atoms with van der Waals surface area (Å²) in [6.07, 6.45) is 2.70. The molecule has 1 heterocycles. The zero-order chi connectivity index (χ0) is 9.19. The Bertz CT molecular complexity index is 248. The molecule has 0 aliphatic carbocycles. The van der Waals surface area contributed by atoms with Gasteiger partial charge in [0.15, 0.2) is 0 Å². The van der Waals surface area contributed by atoms with E-state index in [0.29, 0.717) is 0 Å². The van der Waals surface area contributed by atoms with Gasteiger partial charge in [-0.2, -0.15) is 0 Å². The van der Waals surface area contributed by atoms with Crippen LogP contribution in [0.4, 0.5) is 0 Å². The highest BCUT2D eigenvalue weighted by Gasteiger charge is 2.11. The van der Waals surface area contributed by atoms with Crippen LogP contribution in [0.2, 0.25) is 0 Å². The monoisotopic (exact) mass is 228 g/mol. The minimum atomic E-state index is -0.157. The summed E-state index contributed by atoms with van der Waals surface area (Å²) in [7, 11) is 0. The normalized spacial score (nSPS) is 11.7. The zero-order valence-electron chi connectivity index (χ0n) is 7.34. The number of halogens is 1. The first-order valence-corrected chi connectivity index (χ1v) is 4.66. The van der Waals surface area contributed by atoms with E-state index in [-0.39, 0.29) is 5.54 Å². The van der Waals surface area contributed by atoms with Crippen molar-refractivity contribution >= 4 is 15.9 Å². The van der Waals surface area contributed by atoms with Crippen molar-refractivity contribution in [2.45, 2.75) is 25.8 Å². The Kier molecular flexibility index (Phi) is 2.85. The van der Waals surface area contributed by atoms with Gasteiger partial charge < -0.3 is 5.73 Å². The van der Waals surface area contributed by atoms with Gasteiger partial charge in [0.25, 0.3) is 0 Å². The van der Waals surface area contributed by atoms with Crippen molar-refractivity contribution in [3.63, 3.8) is 0 Å². The van der Waals surface area contributed by atoms with Crippen LogP contribution in [0.3, 0.4) is 0 Å².